The molecule has 5 heteroatoms. The van der Waals surface area contributed by atoms with Crippen molar-refractivity contribution in [2.45, 2.75) is 26.4 Å². The molecule has 0 bridgehead atoms. The first kappa shape index (κ1) is 14.0. The third kappa shape index (κ3) is 4.86. The van der Waals surface area contributed by atoms with Crippen LogP contribution in [0.3, 0.4) is 0 Å². The summed E-state index contributed by atoms with van der Waals surface area (Å²) in [5, 5.41) is 0.806. The van der Waals surface area contributed by atoms with Gasteiger partial charge in [-0.1, -0.05) is 37.3 Å². The van der Waals surface area contributed by atoms with Gasteiger partial charge in [0.15, 0.2) is 0 Å². The van der Waals surface area contributed by atoms with Crippen LogP contribution in [0.2, 0.25) is 0 Å². The van der Waals surface area contributed by atoms with Crippen LogP contribution in [0.25, 0.3) is 0 Å². The highest BCUT2D eigenvalue weighted by Gasteiger charge is 2.14. The monoisotopic (exact) mass is 251 g/mol. The Bertz CT molecular complexity index is 391. The molecule has 0 heterocycles. The number of hydrogen-bond acceptors (Lipinski definition) is 4. The number of hydrogen-bond donors (Lipinski definition) is 0. The molecule has 0 aliphatic carbocycles. The maximum absolute atomic E-state index is 11.5. The predicted molar refractivity (Wildman–Crippen MR) is 65.4 cm³/mol. The number of hydroxylamine groups is 2. The number of nitrogens with zero attached hydrogens (tertiary/aromatic N) is 1. The standard InChI is InChI=1S/C13H17NO4/c1-3-7-12(15)18-14(2)13(16)17-10-11-8-5-4-6-9-11/h4-6,8-9H,3,7,10H2,1-2H3. The van der Waals surface area contributed by atoms with E-state index in [1.807, 2.05) is 37.3 Å². The second kappa shape index (κ2) is 7.32. The van der Waals surface area contributed by atoms with Crippen LogP contribution >= 0.6 is 0 Å². The fourth-order valence-corrected chi connectivity index (χ4v) is 1.25. The minimum absolute atomic E-state index is 0.148. The molecule has 5 nitrogen and oxygen atoms in total. The smallest absolute Gasteiger partial charge is 0.442 e. The zero-order chi connectivity index (χ0) is 13.4. The summed E-state index contributed by atoms with van der Waals surface area (Å²) in [6.07, 6.45) is 0.255. The first-order chi connectivity index (χ1) is 8.63. The molecule has 1 aromatic carbocycles. The number of ether oxygens (including phenoxy) is 1. The van der Waals surface area contributed by atoms with Gasteiger partial charge in [-0.3, -0.25) is 0 Å². The number of rotatable bonds is 4. The molecule has 0 fully saturated rings. The third-order valence-corrected chi connectivity index (χ3v) is 2.16. The summed E-state index contributed by atoms with van der Waals surface area (Å²) >= 11 is 0. The highest BCUT2D eigenvalue weighted by atomic mass is 16.7. The van der Waals surface area contributed by atoms with E-state index < -0.39 is 12.1 Å². The summed E-state index contributed by atoms with van der Waals surface area (Å²) in [6, 6.07) is 9.28. The average Bonchev–Trinajstić information content (AvgIpc) is 2.37. The average molecular weight is 251 g/mol. The Hall–Kier alpha value is -2.04. The lowest BCUT2D eigenvalue weighted by molar-refractivity contribution is -0.176. The molecule has 0 atom stereocenters. The van der Waals surface area contributed by atoms with Crippen LogP contribution in [-0.4, -0.2) is 24.2 Å². The molecule has 0 unspecified atom stereocenters. The van der Waals surface area contributed by atoms with Crippen molar-refractivity contribution >= 4 is 12.1 Å². The van der Waals surface area contributed by atoms with E-state index in [0.29, 0.717) is 6.42 Å². The molecule has 0 aliphatic rings. The van der Waals surface area contributed by atoms with E-state index in [4.69, 9.17) is 9.57 Å². The van der Waals surface area contributed by atoms with Crippen LogP contribution in [0, 0.1) is 0 Å². The van der Waals surface area contributed by atoms with Crippen molar-refractivity contribution in [2.24, 2.45) is 0 Å². The van der Waals surface area contributed by atoms with Crippen LogP contribution in [0.1, 0.15) is 25.3 Å². The van der Waals surface area contributed by atoms with E-state index in [1.54, 1.807) is 0 Å². The number of carbonyl (C=O) groups excluding carboxylic acids is 2. The SMILES string of the molecule is CCCC(=O)ON(C)C(=O)OCc1ccccc1. The minimum Gasteiger partial charge on any atom is -0.442 e. The highest BCUT2D eigenvalue weighted by molar-refractivity contribution is 5.73. The topological polar surface area (TPSA) is 55.8 Å². The summed E-state index contributed by atoms with van der Waals surface area (Å²) in [5.41, 5.74) is 0.874. The summed E-state index contributed by atoms with van der Waals surface area (Å²) in [4.78, 5) is 27.4. The maximum Gasteiger partial charge on any atom is 0.443 e. The molecule has 0 saturated heterocycles. The predicted octanol–water partition coefficient (Wildman–Crippen LogP) is 2.51. The molecule has 1 rings (SSSR count). The van der Waals surface area contributed by atoms with Crippen LogP contribution < -0.4 is 0 Å². The van der Waals surface area contributed by atoms with E-state index in [0.717, 1.165) is 10.6 Å². The lowest BCUT2D eigenvalue weighted by atomic mass is 10.2. The van der Waals surface area contributed by atoms with E-state index in [2.05, 4.69) is 0 Å². The Balaban J connectivity index is 2.34. The molecule has 0 N–H and O–H groups in total. The highest BCUT2D eigenvalue weighted by Crippen LogP contribution is 2.03. The van der Waals surface area contributed by atoms with Gasteiger partial charge < -0.3 is 9.57 Å². The Morgan fingerprint density at radius 2 is 1.89 bits per heavy atom. The van der Waals surface area contributed by atoms with Crippen LogP contribution in [0.5, 0.6) is 0 Å². The van der Waals surface area contributed by atoms with Crippen LogP contribution in [0.4, 0.5) is 4.79 Å². The molecular formula is C13H17NO4. The largest absolute Gasteiger partial charge is 0.443 e. The van der Waals surface area contributed by atoms with Gasteiger partial charge in [-0.25, -0.2) is 9.59 Å². The summed E-state index contributed by atoms with van der Waals surface area (Å²) in [5.74, 6) is -0.448. The lowest BCUT2D eigenvalue weighted by Crippen LogP contribution is -2.30. The van der Waals surface area contributed by atoms with Gasteiger partial charge in [0.25, 0.3) is 0 Å². The molecule has 1 amide bonds. The van der Waals surface area contributed by atoms with Crippen molar-refractivity contribution in [1.82, 2.24) is 5.06 Å². The third-order valence-electron chi connectivity index (χ3n) is 2.16. The second-order valence-electron chi connectivity index (χ2n) is 3.75. The van der Waals surface area contributed by atoms with E-state index in [9.17, 15) is 9.59 Å². The van der Waals surface area contributed by atoms with Crippen molar-refractivity contribution in [2.75, 3.05) is 7.05 Å². The first-order valence-corrected chi connectivity index (χ1v) is 5.78. The molecule has 0 radical (unpaired) electrons. The van der Waals surface area contributed by atoms with Crippen molar-refractivity contribution < 1.29 is 19.2 Å². The van der Waals surface area contributed by atoms with Crippen molar-refractivity contribution in [3.8, 4) is 0 Å². The van der Waals surface area contributed by atoms with Gasteiger partial charge >= 0.3 is 12.1 Å². The molecule has 98 valence electrons. The number of amides is 1. The lowest BCUT2D eigenvalue weighted by Gasteiger charge is -2.15. The summed E-state index contributed by atoms with van der Waals surface area (Å²) in [6.45, 7) is 2.00. The molecule has 1 aromatic rings. The molecule has 0 aliphatic heterocycles. The summed E-state index contributed by atoms with van der Waals surface area (Å²) in [7, 11) is 1.35. The van der Waals surface area contributed by atoms with Gasteiger partial charge in [-0.05, 0) is 12.0 Å². The van der Waals surface area contributed by atoms with E-state index >= 15 is 0 Å². The molecule has 18 heavy (non-hydrogen) atoms. The zero-order valence-corrected chi connectivity index (χ0v) is 10.6. The normalized spacial score (nSPS) is 9.67. The molecule has 0 spiro atoms. The first-order valence-electron chi connectivity index (χ1n) is 5.78. The number of benzene rings is 1. The Labute approximate surface area is 106 Å². The zero-order valence-electron chi connectivity index (χ0n) is 10.6. The van der Waals surface area contributed by atoms with Crippen molar-refractivity contribution in [3.05, 3.63) is 35.9 Å². The van der Waals surface area contributed by atoms with E-state index in [1.165, 1.54) is 7.05 Å². The fraction of sp³-hybridized carbons (Fsp3) is 0.385. The number of carbonyl (C=O) groups is 2. The Morgan fingerprint density at radius 1 is 1.22 bits per heavy atom. The van der Waals surface area contributed by atoms with Crippen LogP contribution in [-0.2, 0) is 21.0 Å². The van der Waals surface area contributed by atoms with Gasteiger partial charge in [0, 0.05) is 6.42 Å². The van der Waals surface area contributed by atoms with Gasteiger partial charge in [0.1, 0.15) is 6.61 Å². The Morgan fingerprint density at radius 3 is 2.50 bits per heavy atom. The maximum atomic E-state index is 11.5. The molecule has 0 aromatic heterocycles. The molecular weight excluding hydrogens is 234 g/mol. The molecule has 0 saturated carbocycles. The fourth-order valence-electron chi connectivity index (χ4n) is 1.25. The van der Waals surface area contributed by atoms with Crippen molar-refractivity contribution in [3.63, 3.8) is 0 Å². The Kier molecular flexibility index (Phi) is 5.70. The quantitative estimate of drug-likeness (QED) is 0.771. The van der Waals surface area contributed by atoms with Gasteiger partial charge in [0.05, 0.1) is 7.05 Å². The van der Waals surface area contributed by atoms with Gasteiger partial charge in [-0.2, -0.15) is 0 Å². The van der Waals surface area contributed by atoms with Gasteiger partial charge in [0.2, 0.25) is 0 Å². The van der Waals surface area contributed by atoms with Crippen molar-refractivity contribution in [1.29, 1.82) is 0 Å². The summed E-state index contributed by atoms with van der Waals surface area (Å²) < 4.78 is 4.98. The van der Waals surface area contributed by atoms with Gasteiger partial charge in [-0.15, -0.1) is 5.06 Å². The second-order valence-corrected chi connectivity index (χ2v) is 3.75. The minimum atomic E-state index is -0.691. The van der Waals surface area contributed by atoms with E-state index in [-0.39, 0.29) is 13.0 Å². The van der Waals surface area contributed by atoms with Crippen LogP contribution in [0.15, 0.2) is 30.3 Å².